The quantitative estimate of drug-likeness (QED) is 0.721. The minimum Gasteiger partial charge on any atom is -0.369 e. The van der Waals surface area contributed by atoms with Crippen molar-refractivity contribution in [2.75, 3.05) is 11.4 Å². The van der Waals surface area contributed by atoms with Crippen molar-refractivity contribution in [1.29, 1.82) is 0 Å². The summed E-state index contributed by atoms with van der Waals surface area (Å²) in [7, 11) is 0. The molecule has 1 nitrogen and oxygen atoms in total. The molecule has 0 saturated carbocycles. The number of hydrogen-bond donors (Lipinski definition) is 0. The fourth-order valence-electron chi connectivity index (χ4n) is 2.67. The van der Waals surface area contributed by atoms with Gasteiger partial charge in [-0.1, -0.05) is 13.0 Å². The van der Waals surface area contributed by atoms with Gasteiger partial charge in [-0.15, -0.1) is 0 Å². The van der Waals surface area contributed by atoms with E-state index in [1.165, 1.54) is 49.0 Å². The smallest absolute Gasteiger partial charge is 0.0371 e. The van der Waals surface area contributed by atoms with Crippen molar-refractivity contribution in [3.8, 4) is 0 Å². The van der Waals surface area contributed by atoms with Crippen molar-refractivity contribution >= 4 is 5.69 Å². The molecule has 1 aromatic rings. The van der Waals surface area contributed by atoms with Crippen molar-refractivity contribution in [1.82, 2.24) is 0 Å². The van der Waals surface area contributed by atoms with E-state index in [4.69, 9.17) is 0 Å². The van der Waals surface area contributed by atoms with Crippen molar-refractivity contribution in [3.63, 3.8) is 0 Å². The zero-order valence-electron chi connectivity index (χ0n) is 10.8. The van der Waals surface area contributed by atoms with Crippen LogP contribution < -0.4 is 4.90 Å². The molecule has 1 heterocycles. The fourth-order valence-corrected chi connectivity index (χ4v) is 2.67. The fraction of sp³-hybridized carbons (Fsp3) is 0.600. The summed E-state index contributed by atoms with van der Waals surface area (Å²) in [4.78, 5) is 2.61. The third kappa shape index (κ3) is 2.23. The maximum absolute atomic E-state index is 2.61. The van der Waals surface area contributed by atoms with Gasteiger partial charge in [0.1, 0.15) is 0 Å². The molecule has 0 aromatic heterocycles. The van der Waals surface area contributed by atoms with Gasteiger partial charge in [-0.05, 0) is 62.8 Å². The summed E-state index contributed by atoms with van der Waals surface area (Å²) >= 11 is 0. The number of piperidine rings is 1. The summed E-state index contributed by atoms with van der Waals surface area (Å²) in [6, 6.07) is 7.65. The average molecular weight is 217 g/mol. The van der Waals surface area contributed by atoms with E-state index in [2.05, 4.69) is 43.9 Å². The van der Waals surface area contributed by atoms with E-state index in [9.17, 15) is 0 Å². The molecular weight excluding hydrogens is 194 g/mol. The number of hydrogen-bond acceptors (Lipinski definition) is 1. The highest BCUT2D eigenvalue weighted by Gasteiger charge is 2.20. The molecule has 1 aliphatic rings. The van der Waals surface area contributed by atoms with E-state index in [1.807, 2.05) is 0 Å². The van der Waals surface area contributed by atoms with E-state index in [0.717, 1.165) is 6.04 Å². The second kappa shape index (κ2) is 4.90. The lowest BCUT2D eigenvalue weighted by Crippen LogP contribution is -2.39. The first-order valence-corrected chi connectivity index (χ1v) is 6.56. The summed E-state index contributed by atoms with van der Waals surface area (Å²) in [6.07, 6.45) is 5.39. The first-order valence-electron chi connectivity index (χ1n) is 6.56. The Kier molecular flexibility index (Phi) is 3.52. The van der Waals surface area contributed by atoms with Gasteiger partial charge < -0.3 is 4.90 Å². The van der Waals surface area contributed by atoms with E-state index in [1.54, 1.807) is 0 Å². The zero-order chi connectivity index (χ0) is 11.5. The minimum absolute atomic E-state index is 0.760. The molecule has 0 bridgehead atoms. The van der Waals surface area contributed by atoms with Crippen molar-refractivity contribution in [2.45, 2.75) is 52.5 Å². The topological polar surface area (TPSA) is 3.24 Å². The molecule has 2 rings (SSSR count). The molecule has 0 spiro atoms. The first-order chi connectivity index (χ1) is 7.72. The van der Waals surface area contributed by atoms with Crippen molar-refractivity contribution in [3.05, 3.63) is 29.3 Å². The maximum atomic E-state index is 2.61. The third-order valence-corrected chi connectivity index (χ3v) is 3.92. The van der Waals surface area contributed by atoms with Crippen LogP contribution in [0.3, 0.4) is 0 Å². The highest BCUT2D eigenvalue weighted by molar-refractivity contribution is 5.51. The highest BCUT2D eigenvalue weighted by atomic mass is 15.2. The number of benzene rings is 1. The van der Waals surface area contributed by atoms with Crippen LogP contribution in [0.25, 0.3) is 0 Å². The molecule has 0 N–H and O–H groups in total. The molecule has 0 aliphatic carbocycles. The molecule has 1 heteroatoms. The predicted molar refractivity (Wildman–Crippen MR) is 71.2 cm³/mol. The zero-order valence-corrected chi connectivity index (χ0v) is 10.8. The Hall–Kier alpha value is -0.980. The van der Waals surface area contributed by atoms with Crippen LogP contribution in [0.2, 0.25) is 0 Å². The molecule has 1 fully saturated rings. The Morgan fingerprint density at radius 3 is 2.69 bits per heavy atom. The van der Waals surface area contributed by atoms with Crippen LogP contribution in [0.4, 0.5) is 5.69 Å². The van der Waals surface area contributed by atoms with Crippen molar-refractivity contribution < 1.29 is 0 Å². The van der Waals surface area contributed by atoms with E-state index in [-0.39, 0.29) is 0 Å². The first kappa shape index (κ1) is 11.5. The largest absolute Gasteiger partial charge is 0.369 e. The van der Waals surface area contributed by atoms with E-state index < -0.39 is 0 Å². The molecule has 1 aromatic carbocycles. The predicted octanol–water partition coefficient (Wildman–Crippen LogP) is 4.07. The molecule has 88 valence electrons. The van der Waals surface area contributed by atoms with Crippen molar-refractivity contribution in [2.24, 2.45) is 0 Å². The molecule has 1 atom stereocenters. The Bertz CT molecular complexity index is 356. The maximum Gasteiger partial charge on any atom is 0.0371 e. The van der Waals surface area contributed by atoms with Crippen LogP contribution in [0.15, 0.2) is 18.2 Å². The van der Waals surface area contributed by atoms with Crippen LogP contribution in [0.1, 0.15) is 43.7 Å². The van der Waals surface area contributed by atoms with Gasteiger partial charge in [-0.2, -0.15) is 0 Å². The van der Waals surface area contributed by atoms with Gasteiger partial charge in [0.2, 0.25) is 0 Å². The summed E-state index contributed by atoms with van der Waals surface area (Å²) in [5, 5.41) is 0. The Balaban J connectivity index is 2.23. The Morgan fingerprint density at radius 1 is 1.19 bits per heavy atom. The van der Waals surface area contributed by atoms with Crippen LogP contribution in [-0.4, -0.2) is 12.6 Å². The van der Waals surface area contributed by atoms with Crippen LogP contribution >= 0.6 is 0 Å². The minimum atomic E-state index is 0.760. The van der Waals surface area contributed by atoms with Gasteiger partial charge in [0.05, 0.1) is 0 Å². The molecule has 1 unspecified atom stereocenters. The Labute approximate surface area is 99.5 Å². The summed E-state index contributed by atoms with van der Waals surface area (Å²) in [6.45, 7) is 7.95. The lowest BCUT2D eigenvalue weighted by molar-refractivity contribution is 0.450. The molecule has 0 radical (unpaired) electrons. The third-order valence-electron chi connectivity index (χ3n) is 3.92. The van der Waals surface area contributed by atoms with Gasteiger partial charge in [0.15, 0.2) is 0 Å². The highest BCUT2D eigenvalue weighted by Crippen LogP contribution is 2.27. The lowest BCUT2D eigenvalue weighted by Gasteiger charge is -2.37. The molecule has 16 heavy (non-hydrogen) atoms. The molecule has 1 aliphatic heterocycles. The van der Waals surface area contributed by atoms with Gasteiger partial charge in [0, 0.05) is 18.3 Å². The number of nitrogens with zero attached hydrogens (tertiary/aromatic N) is 1. The summed E-state index contributed by atoms with van der Waals surface area (Å²) in [5.74, 6) is 0. The number of aryl methyl sites for hydroxylation is 2. The molecule has 1 saturated heterocycles. The van der Waals surface area contributed by atoms with Gasteiger partial charge in [-0.25, -0.2) is 0 Å². The normalized spacial score (nSPS) is 21.2. The standard InChI is InChI=1S/C15H23N/c1-4-14-7-5-6-10-16(14)15-9-8-12(2)13(3)11-15/h8-9,11,14H,4-7,10H2,1-3H3. The second-order valence-electron chi connectivity index (χ2n) is 5.02. The summed E-state index contributed by atoms with van der Waals surface area (Å²) in [5.41, 5.74) is 4.24. The SMILES string of the molecule is CCC1CCCCN1c1ccc(C)c(C)c1. The van der Waals surface area contributed by atoms with Gasteiger partial charge in [0.25, 0.3) is 0 Å². The average Bonchev–Trinajstić information content (AvgIpc) is 2.32. The van der Waals surface area contributed by atoms with Gasteiger partial charge >= 0.3 is 0 Å². The molecular formula is C15H23N. The van der Waals surface area contributed by atoms with Gasteiger partial charge in [-0.3, -0.25) is 0 Å². The van der Waals surface area contributed by atoms with E-state index in [0.29, 0.717) is 0 Å². The molecule has 0 amide bonds. The lowest BCUT2D eigenvalue weighted by atomic mass is 9.98. The monoisotopic (exact) mass is 217 g/mol. The Morgan fingerprint density at radius 2 is 2.00 bits per heavy atom. The van der Waals surface area contributed by atoms with Crippen LogP contribution in [0, 0.1) is 13.8 Å². The van der Waals surface area contributed by atoms with Crippen LogP contribution in [-0.2, 0) is 0 Å². The second-order valence-corrected chi connectivity index (χ2v) is 5.02. The van der Waals surface area contributed by atoms with E-state index >= 15 is 0 Å². The summed E-state index contributed by atoms with van der Waals surface area (Å²) < 4.78 is 0. The number of rotatable bonds is 2. The number of anilines is 1. The van der Waals surface area contributed by atoms with Crippen LogP contribution in [0.5, 0.6) is 0 Å².